The topological polar surface area (TPSA) is 113 Å². The summed E-state index contributed by atoms with van der Waals surface area (Å²) in [6, 6.07) is 0. The number of methoxy groups -OCH3 is 1. The number of nitrogens with zero attached hydrogens (tertiary/aromatic N) is 1. The van der Waals surface area contributed by atoms with Crippen LogP contribution in [0.3, 0.4) is 0 Å². The Morgan fingerprint density at radius 2 is 1.73 bits per heavy atom. The van der Waals surface area contributed by atoms with Crippen molar-refractivity contribution in [1.29, 1.82) is 0 Å². The first-order chi connectivity index (χ1) is 9.75. The minimum Gasteiger partial charge on any atom is -0.462 e. The van der Waals surface area contributed by atoms with Crippen LogP contribution in [0.15, 0.2) is 0 Å². The van der Waals surface area contributed by atoms with Gasteiger partial charge in [0, 0.05) is 7.11 Å². The van der Waals surface area contributed by atoms with Crippen molar-refractivity contribution < 1.29 is 46.6 Å². The van der Waals surface area contributed by atoms with Crippen molar-refractivity contribution in [2.75, 3.05) is 26.9 Å². The van der Waals surface area contributed by atoms with Crippen molar-refractivity contribution in [2.24, 2.45) is 0 Å². The lowest BCUT2D eigenvalue weighted by Gasteiger charge is -2.33. The number of esters is 1. The summed E-state index contributed by atoms with van der Waals surface area (Å²) in [6.07, 6.45) is -5.57. The summed E-state index contributed by atoms with van der Waals surface area (Å²) in [4.78, 5) is 39.5. The number of amides is 1. The number of rotatable bonds is 7. The first-order valence-electron chi connectivity index (χ1n) is 5.22. The molecule has 0 heterocycles. The molecule has 0 saturated carbocycles. The van der Waals surface area contributed by atoms with E-state index in [0.29, 0.717) is 0 Å². The lowest BCUT2D eigenvalue weighted by Crippen LogP contribution is -2.52. The van der Waals surface area contributed by atoms with Gasteiger partial charge < -0.3 is 19.3 Å². The van der Waals surface area contributed by atoms with Crippen LogP contribution >= 0.6 is 30.8 Å². The van der Waals surface area contributed by atoms with Gasteiger partial charge in [-0.2, -0.15) is 13.2 Å². The largest absolute Gasteiger partial charge is 0.471 e. The number of carbonyl (C=O) groups excluding carboxylic acids is 2. The highest BCUT2D eigenvalue weighted by Gasteiger charge is 2.57. The summed E-state index contributed by atoms with van der Waals surface area (Å²) in [5.41, 5.74) is 0. The van der Waals surface area contributed by atoms with E-state index in [2.05, 4.69) is 9.47 Å². The number of ether oxygens (including phenoxy) is 2. The Labute approximate surface area is 132 Å². The molecule has 0 bridgehead atoms. The molecule has 0 aromatic heterocycles. The van der Waals surface area contributed by atoms with Crippen LogP contribution in [0.5, 0.6) is 0 Å². The summed E-state index contributed by atoms with van der Waals surface area (Å²) in [5, 5.41) is 0. The number of carbonyl (C=O) groups is 2. The molecule has 0 unspecified atom stereocenters. The van der Waals surface area contributed by atoms with E-state index in [1.54, 1.807) is 0 Å². The number of alkyl halides is 5. The van der Waals surface area contributed by atoms with Gasteiger partial charge in [0.15, 0.2) is 0 Å². The average molecular weight is 392 g/mol. The molecule has 0 fully saturated rings. The number of halogens is 5. The predicted octanol–water partition coefficient (Wildman–Crippen LogP) is 0.833. The standard InChI is InChI=1S/C8H11Cl2F3NO7P/c1-20-2-3-21-5(15)4-14(6(16)7(11,12)13)8(9,10)22(17,18)19/h2-4H2,1H3,(H2,17,18,19). The van der Waals surface area contributed by atoms with E-state index in [0.717, 1.165) is 0 Å². The van der Waals surface area contributed by atoms with Gasteiger partial charge >= 0.3 is 25.6 Å². The van der Waals surface area contributed by atoms with Crippen LogP contribution < -0.4 is 0 Å². The highest BCUT2D eigenvalue weighted by molar-refractivity contribution is 7.58. The fraction of sp³-hybridized carbons (Fsp3) is 0.750. The third kappa shape index (κ3) is 5.90. The first kappa shape index (κ1) is 21.4. The molecule has 0 aromatic carbocycles. The predicted molar refractivity (Wildman–Crippen MR) is 67.1 cm³/mol. The van der Waals surface area contributed by atoms with E-state index in [9.17, 15) is 27.3 Å². The Morgan fingerprint density at radius 1 is 1.23 bits per heavy atom. The van der Waals surface area contributed by atoms with E-state index >= 15 is 0 Å². The molecule has 0 aliphatic heterocycles. The molecule has 0 radical (unpaired) electrons. The van der Waals surface area contributed by atoms with E-state index in [1.165, 1.54) is 7.11 Å². The molecule has 0 rings (SSSR count). The number of hydrogen-bond donors (Lipinski definition) is 2. The molecule has 22 heavy (non-hydrogen) atoms. The average Bonchev–Trinajstić information content (AvgIpc) is 2.32. The van der Waals surface area contributed by atoms with E-state index < -0.39 is 41.3 Å². The molecule has 2 N–H and O–H groups in total. The summed E-state index contributed by atoms with van der Waals surface area (Å²) in [5.74, 6) is -4.24. The molecule has 0 aliphatic carbocycles. The monoisotopic (exact) mass is 391 g/mol. The highest BCUT2D eigenvalue weighted by Crippen LogP contribution is 2.58. The zero-order valence-corrected chi connectivity index (χ0v) is 13.2. The second-order valence-electron chi connectivity index (χ2n) is 3.66. The molecular formula is C8H11Cl2F3NO7P. The van der Waals surface area contributed by atoms with E-state index in [4.69, 9.17) is 33.0 Å². The van der Waals surface area contributed by atoms with Crippen molar-refractivity contribution in [2.45, 2.75) is 10.4 Å². The summed E-state index contributed by atoms with van der Waals surface area (Å²) < 4.78 is 53.7. The van der Waals surface area contributed by atoms with E-state index in [-0.39, 0.29) is 13.2 Å². The zero-order chi connectivity index (χ0) is 17.8. The van der Waals surface area contributed by atoms with Crippen LogP contribution in [-0.4, -0.2) is 63.8 Å². The summed E-state index contributed by atoms with van der Waals surface area (Å²) in [6.45, 7) is -1.98. The second kappa shape index (κ2) is 7.80. The lowest BCUT2D eigenvalue weighted by molar-refractivity contribution is -0.187. The first-order valence-corrected chi connectivity index (χ1v) is 7.58. The van der Waals surface area contributed by atoms with Crippen LogP contribution in [0.25, 0.3) is 0 Å². The lowest BCUT2D eigenvalue weighted by atomic mass is 10.4. The Kier molecular flexibility index (Phi) is 7.60. The molecule has 130 valence electrons. The normalized spacial score (nSPS) is 12.9. The molecule has 0 aromatic rings. The highest BCUT2D eigenvalue weighted by atomic mass is 35.5. The van der Waals surface area contributed by atoms with Crippen molar-refractivity contribution in [1.82, 2.24) is 4.90 Å². The second-order valence-corrected chi connectivity index (χ2v) is 7.21. The van der Waals surface area contributed by atoms with Crippen molar-refractivity contribution in [3.8, 4) is 0 Å². The van der Waals surface area contributed by atoms with Gasteiger partial charge in [0.25, 0.3) is 4.20 Å². The minimum absolute atomic E-state index is 0.0929. The van der Waals surface area contributed by atoms with Crippen molar-refractivity contribution >= 4 is 42.7 Å². The van der Waals surface area contributed by atoms with E-state index in [1.807, 2.05) is 0 Å². The summed E-state index contributed by atoms with van der Waals surface area (Å²) in [7, 11) is -4.38. The van der Waals surface area contributed by atoms with Crippen LogP contribution in [0.2, 0.25) is 0 Å². The van der Waals surface area contributed by atoms with Gasteiger partial charge in [-0.1, -0.05) is 23.2 Å². The van der Waals surface area contributed by atoms with Crippen LogP contribution in [0.1, 0.15) is 0 Å². The fourth-order valence-corrected chi connectivity index (χ4v) is 1.76. The third-order valence-electron chi connectivity index (χ3n) is 2.00. The Balaban J connectivity index is 5.34. The quantitative estimate of drug-likeness (QED) is 0.217. The van der Waals surface area contributed by atoms with Crippen molar-refractivity contribution in [3.63, 3.8) is 0 Å². The molecule has 1 amide bonds. The maximum Gasteiger partial charge on any atom is 0.471 e. The zero-order valence-electron chi connectivity index (χ0n) is 10.8. The van der Waals surface area contributed by atoms with Gasteiger partial charge in [-0.3, -0.25) is 19.1 Å². The maximum atomic E-state index is 12.4. The van der Waals surface area contributed by atoms with Gasteiger partial charge in [0.05, 0.1) is 6.61 Å². The molecule has 0 atom stereocenters. The Bertz CT molecular complexity index is 467. The smallest absolute Gasteiger partial charge is 0.462 e. The molecule has 0 saturated heterocycles. The van der Waals surface area contributed by atoms with Crippen LogP contribution in [0.4, 0.5) is 13.2 Å². The number of hydrogen-bond acceptors (Lipinski definition) is 5. The molecule has 0 aliphatic rings. The van der Waals surface area contributed by atoms with Gasteiger partial charge in [0.1, 0.15) is 13.2 Å². The Hall–Kier alpha value is -0.580. The molecule has 0 spiro atoms. The van der Waals surface area contributed by atoms with Gasteiger partial charge in [-0.15, -0.1) is 0 Å². The summed E-state index contributed by atoms with van der Waals surface area (Å²) >= 11 is 10.3. The maximum absolute atomic E-state index is 12.4. The Morgan fingerprint density at radius 3 is 2.09 bits per heavy atom. The molecule has 8 nitrogen and oxygen atoms in total. The van der Waals surface area contributed by atoms with Crippen molar-refractivity contribution in [3.05, 3.63) is 0 Å². The SMILES string of the molecule is COCCOC(=O)CN(C(=O)C(F)(F)F)C(Cl)(Cl)P(=O)(O)O. The van der Waals surface area contributed by atoms with Crippen LogP contribution in [-0.2, 0) is 23.6 Å². The fourth-order valence-electron chi connectivity index (χ4n) is 1.01. The van der Waals surface area contributed by atoms with Gasteiger partial charge in [-0.05, 0) is 0 Å². The van der Waals surface area contributed by atoms with Gasteiger partial charge in [-0.25, -0.2) is 0 Å². The molecule has 14 heteroatoms. The minimum atomic E-state index is -5.63. The van der Waals surface area contributed by atoms with Gasteiger partial charge in [0.2, 0.25) is 0 Å². The third-order valence-corrected chi connectivity index (χ3v) is 4.67. The molecular weight excluding hydrogens is 381 g/mol. The van der Waals surface area contributed by atoms with Crippen LogP contribution in [0, 0.1) is 0 Å².